The molecule has 1 aliphatic heterocycles. The molecule has 0 unspecified atom stereocenters. The molecule has 0 aliphatic carbocycles. The van der Waals surface area contributed by atoms with Gasteiger partial charge in [0.1, 0.15) is 24.5 Å². The summed E-state index contributed by atoms with van der Waals surface area (Å²) < 4.78 is 60.0. The number of halogens is 3. The lowest BCUT2D eigenvalue weighted by Gasteiger charge is -2.34. The second-order valence-corrected chi connectivity index (χ2v) is 13.1. The minimum Gasteiger partial charge on any atom is -0.401 e. The van der Waals surface area contributed by atoms with Crippen molar-refractivity contribution in [2.45, 2.75) is 31.0 Å². The molecule has 0 saturated carbocycles. The van der Waals surface area contributed by atoms with Crippen molar-refractivity contribution in [2.75, 3.05) is 13.2 Å². The highest BCUT2D eigenvalue weighted by Gasteiger charge is 2.45. The van der Waals surface area contributed by atoms with Gasteiger partial charge in [-0.3, -0.25) is 14.3 Å². The Morgan fingerprint density at radius 1 is 0.929 bits per heavy atom. The van der Waals surface area contributed by atoms with Gasteiger partial charge in [0, 0.05) is 12.6 Å². The van der Waals surface area contributed by atoms with Crippen molar-refractivity contribution >= 4 is 23.9 Å². The first-order valence-corrected chi connectivity index (χ1v) is 15.1. The van der Waals surface area contributed by atoms with Gasteiger partial charge in [0.05, 0.1) is 12.7 Å². The lowest BCUT2D eigenvalue weighted by Crippen LogP contribution is -2.70. The van der Waals surface area contributed by atoms with Crippen LogP contribution in [0.2, 0.25) is 0 Å². The number of nitrogens with zero attached hydrogens (tertiary/aromatic N) is 1. The maximum atomic E-state index is 13.5. The summed E-state index contributed by atoms with van der Waals surface area (Å²) in [4.78, 5) is 26.2. The van der Waals surface area contributed by atoms with Gasteiger partial charge in [-0.25, -0.2) is 4.79 Å². The summed E-state index contributed by atoms with van der Waals surface area (Å²) >= 11 is 0. The minimum absolute atomic E-state index is 0.00945. The SMILES string of the molecule is C#CCO[C@H]1C[C@H](n2cc(C(F)(F)F)c(=O)[nH]c2=O)O[C@@H]1CO[Si](c1ccccc1)(c1ccccc1)c1ccccc1. The number of rotatable bonds is 9. The van der Waals surface area contributed by atoms with Crippen LogP contribution in [0.25, 0.3) is 0 Å². The largest absolute Gasteiger partial charge is 0.423 e. The van der Waals surface area contributed by atoms with E-state index in [4.69, 9.17) is 20.3 Å². The molecule has 3 atom stereocenters. The minimum atomic E-state index is -4.96. The Morgan fingerprint density at radius 2 is 1.45 bits per heavy atom. The summed E-state index contributed by atoms with van der Waals surface area (Å²) in [5.74, 6) is 2.39. The third-order valence-electron chi connectivity index (χ3n) is 7.15. The van der Waals surface area contributed by atoms with Crippen molar-refractivity contribution in [1.29, 1.82) is 0 Å². The number of aromatic amines is 1. The van der Waals surface area contributed by atoms with Crippen LogP contribution in [-0.4, -0.2) is 43.3 Å². The highest BCUT2D eigenvalue weighted by Crippen LogP contribution is 2.32. The van der Waals surface area contributed by atoms with Gasteiger partial charge in [0.15, 0.2) is 0 Å². The Labute approximate surface area is 240 Å². The molecule has 1 N–H and O–H groups in total. The van der Waals surface area contributed by atoms with Crippen LogP contribution in [0, 0.1) is 12.3 Å². The lowest BCUT2D eigenvalue weighted by atomic mass is 10.2. The molecule has 42 heavy (non-hydrogen) atoms. The lowest BCUT2D eigenvalue weighted by molar-refractivity contribution is -0.139. The molecular weight excluding hydrogens is 565 g/mol. The van der Waals surface area contributed by atoms with E-state index in [-0.39, 0.29) is 19.6 Å². The van der Waals surface area contributed by atoms with Crippen molar-refractivity contribution in [2.24, 2.45) is 0 Å². The molecule has 1 fully saturated rings. The van der Waals surface area contributed by atoms with Gasteiger partial charge in [0.2, 0.25) is 0 Å². The number of benzene rings is 3. The van der Waals surface area contributed by atoms with Crippen LogP contribution in [0.4, 0.5) is 13.2 Å². The van der Waals surface area contributed by atoms with Crippen LogP contribution in [0.3, 0.4) is 0 Å². The zero-order valence-corrected chi connectivity index (χ0v) is 23.3. The van der Waals surface area contributed by atoms with Crippen LogP contribution >= 0.6 is 0 Å². The normalized spacial score (nSPS) is 19.0. The number of hydrogen-bond acceptors (Lipinski definition) is 5. The predicted molar refractivity (Wildman–Crippen MR) is 153 cm³/mol. The number of ether oxygens (including phenoxy) is 2. The van der Waals surface area contributed by atoms with Crippen molar-refractivity contribution in [3.8, 4) is 12.3 Å². The molecular formula is C31H27F3N2O5Si. The zero-order valence-electron chi connectivity index (χ0n) is 22.3. The van der Waals surface area contributed by atoms with E-state index in [1.54, 1.807) is 4.98 Å². The molecule has 11 heteroatoms. The van der Waals surface area contributed by atoms with Crippen molar-refractivity contribution in [3.05, 3.63) is 124 Å². The molecule has 0 amide bonds. The molecule has 216 valence electrons. The fourth-order valence-electron chi connectivity index (χ4n) is 5.23. The summed E-state index contributed by atoms with van der Waals surface area (Å²) in [7, 11) is -3.15. The Hall–Kier alpha value is -4.21. The summed E-state index contributed by atoms with van der Waals surface area (Å²) in [6.07, 6.45) is -1.71. The third kappa shape index (κ3) is 5.88. The van der Waals surface area contributed by atoms with E-state index in [2.05, 4.69) is 5.92 Å². The van der Waals surface area contributed by atoms with Crippen molar-refractivity contribution in [1.82, 2.24) is 9.55 Å². The maximum Gasteiger partial charge on any atom is 0.423 e. The molecule has 2 heterocycles. The number of hydrogen-bond donors (Lipinski definition) is 1. The van der Waals surface area contributed by atoms with Gasteiger partial charge in [-0.2, -0.15) is 13.2 Å². The van der Waals surface area contributed by atoms with Crippen molar-refractivity contribution < 1.29 is 27.1 Å². The maximum absolute atomic E-state index is 13.5. The molecule has 5 rings (SSSR count). The molecule has 7 nitrogen and oxygen atoms in total. The average Bonchev–Trinajstić information content (AvgIpc) is 3.40. The average molecular weight is 593 g/mol. The van der Waals surface area contributed by atoms with E-state index in [1.807, 2.05) is 91.0 Å². The van der Waals surface area contributed by atoms with Crippen LogP contribution in [0.1, 0.15) is 18.2 Å². The number of nitrogens with one attached hydrogen (secondary N) is 1. The fraction of sp³-hybridized carbons (Fsp3) is 0.226. The van der Waals surface area contributed by atoms with Crippen LogP contribution in [0.15, 0.2) is 107 Å². The Morgan fingerprint density at radius 3 is 1.93 bits per heavy atom. The fourth-order valence-corrected chi connectivity index (χ4v) is 9.13. The summed E-state index contributed by atoms with van der Waals surface area (Å²) in [6, 6.07) is 29.4. The van der Waals surface area contributed by atoms with Gasteiger partial charge in [-0.15, -0.1) is 6.42 Å². The molecule has 0 radical (unpaired) electrons. The Bertz CT molecular complexity index is 1560. The molecule has 0 spiro atoms. The smallest absolute Gasteiger partial charge is 0.401 e. The standard InChI is InChI=1S/C31H27F3N2O5Si/c1-2-18-39-26-19-28(36-20-25(31(32,33)34)29(37)35-30(36)38)41-27(26)21-40-42(22-12-6-3-7-13-22,23-14-8-4-9-15-23)24-16-10-5-11-17-24/h1,3-17,20,26-28H,18-19,21H2,(H,35,37,38)/t26-,27+,28+/m0/s1. The van der Waals surface area contributed by atoms with Crippen molar-refractivity contribution in [3.63, 3.8) is 0 Å². The van der Waals surface area contributed by atoms with E-state index < -0.39 is 49.7 Å². The molecule has 3 aromatic carbocycles. The molecule has 0 bridgehead atoms. The third-order valence-corrected chi connectivity index (χ3v) is 11.2. The predicted octanol–water partition coefficient (Wildman–Crippen LogP) is 2.54. The Balaban J connectivity index is 1.53. The van der Waals surface area contributed by atoms with E-state index >= 15 is 0 Å². The molecule has 1 aliphatic rings. The van der Waals surface area contributed by atoms with Gasteiger partial charge < -0.3 is 13.9 Å². The first-order chi connectivity index (χ1) is 20.2. The molecule has 1 aromatic heterocycles. The quantitative estimate of drug-likeness (QED) is 0.184. The van der Waals surface area contributed by atoms with E-state index in [0.29, 0.717) is 6.20 Å². The Kier molecular flexibility index (Phi) is 8.60. The van der Waals surface area contributed by atoms with Crippen LogP contribution < -0.4 is 26.8 Å². The number of terminal acetylenes is 1. The number of aromatic nitrogens is 2. The summed E-state index contributed by atoms with van der Waals surface area (Å²) in [5.41, 5.74) is -4.06. The topological polar surface area (TPSA) is 82.6 Å². The van der Waals surface area contributed by atoms with Crippen LogP contribution in [-0.2, 0) is 20.1 Å². The van der Waals surface area contributed by atoms with Gasteiger partial charge in [0.25, 0.3) is 13.9 Å². The molecule has 1 saturated heterocycles. The summed E-state index contributed by atoms with van der Waals surface area (Å²) in [6.45, 7) is -0.0922. The zero-order chi connectivity index (χ0) is 29.7. The highest BCUT2D eigenvalue weighted by molar-refractivity contribution is 7.07. The number of H-pyrrole nitrogens is 1. The van der Waals surface area contributed by atoms with E-state index in [9.17, 15) is 22.8 Å². The second kappa shape index (κ2) is 12.3. The van der Waals surface area contributed by atoms with E-state index in [1.165, 1.54) is 0 Å². The van der Waals surface area contributed by atoms with Gasteiger partial charge >= 0.3 is 11.9 Å². The molecule has 4 aromatic rings. The first-order valence-electron chi connectivity index (χ1n) is 13.2. The summed E-state index contributed by atoms with van der Waals surface area (Å²) in [5, 5.41) is 2.93. The van der Waals surface area contributed by atoms with E-state index in [0.717, 1.165) is 20.1 Å². The van der Waals surface area contributed by atoms with Gasteiger partial charge in [-0.05, 0) is 15.6 Å². The van der Waals surface area contributed by atoms with Crippen LogP contribution in [0.5, 0.6) is 0 Å². The monoisotopic (exact) mass is 592 g/mol. The number of alkyl halides is 3. The second-order valence-electron chi connectivity index (χ2n) is 9.72. The highest BCUT2D eigenvalue weighted by atomic mass is 28.4. The van der Waals surface area contributed by atoms with Gasteiger partial charge in [-0.1, -0.05) is 96.9 Å². The first kappa shape index (κ1) is 29.3.